The molecule has 1 aromatic carbocycles. The highest BCUT2D eigenvalue weighted by atomic mass is 16.4. The van der Waals surface area contributed by atoms with Crippen LogP contribution in [0.4, 0.5) is 5.69 Å². The Morgan fingerprint density at radius 2 is 1.86 bits per heavy atom. The number of rotatable bonds is 3. The zero-order chi connectivity index (χ0) is 16.0. The molecule has 0 bridgehead atoms. The molecular weight excluding hydrogens is 268 g/mol. The maximum atomic E-state index is 12.8. The van der Waals surface area contributed by atoms with Crippen LogP contribution in [0.15, 0.2) is 18.2 Å². The predicted octanol–water partition coefficient (Wildman–Crippen LogP) is 2.04. The number of hydrogen-bond acceptors (Lipinski definition) is 3. The van der Waals surface area contributed by atoms with Crippen molar-refractivity contribution in [2.45, 2.75) is 39.7 Å². The van der Waals surface area contributed by atoms with Crippen LogP contribution in [0.2, 0.25) is 0 Å². The Balaban J connectivity index is 2.36. The first-order chi connectivity index (χ1) is 9.55. The third-order valence-corrected chi connectivity index (χ3v) is 4.61. The van der Waals surface area contributed by atoms with Gasteiger partial charge >= 0.3 is 5.97 Å². The summed E-state index contributed by atoms with van der Waals surface area (Å²) in [6.45, 7) is 7.94. The largest absolute Gasteiger partial charge is 0.478 e. The second-order valence-electron chi connectivity index (χ2n) is 6.70. The number of carboxylic acid groups (broad SMARTS) is 1. The Labute approximate surface area is 124 Å². The zero-order valence-corrected chi connectivity index (χ0v) is 12.9. The lowest BCUT2D eigenvalue weighted by molar-refractivity contribution is -0.129. The van der Waals surface area contributed by atoms with Gasteiger partial charge in [-0.2, -0.15) is 0 Å². The first-order valence-corrected chi connectivity index (χ1v) is 7.03. The van der Waals surface area contributed by atoms with E-state index >= 15 is 0 Å². The van der Waals surface area contributed by atoms with Gasteiger partial charge in [-0.1, -0.05) is 0 Å². The summed E-state index contributed by atoms with van der Waals surface area (Å²) < 4.78 is 0. The van der Waals surface area contributed by atoms with Crippen molar-refractivity contribution in [2.24, 2.45) is 11.1 Å². The highest BCUT2D eigenvalue weighted by Gasteiger charge is 2.44. The molecule has 0 atom stereocenters. The van der Waals surface area contributed by atoms with Crippen molar-refractivity contribution in [3.63, 3.8) is 0 Å². The molecule has 0 spiro atoms. The number of nitrogens with two attached hydrogens (primary N) is 1. The molecule has 0 radical (unpaired) electrons. The summed E-state index contributed by atoms with van der Waals surface area (Å²) in [6.07, 6.45) is 0.670. The van der Waals surface area contributed by atoms with Crippen LogP contribution >= 0.6 is 0 Å². The van der Waals surface area contributed by atoms with Crippen molar-refractivity contribution in [3.8, 4) is 0 Å². The fourth-order valence-electron chi connectivity index (χ4n) is 2.36. The zero-order valence-electron chi connectivity index (χ0n) is 12.9. The molecule has 1 aliphatic heterocycles. The second kappa shape index (κ2) is 4.84. The van der Waals surface area contributed by atoms with Gasteiger partial charge < -0.3 is 15.7 Å². The lowest BCUT2D eigenvalue weighted by Crippen LogP contribution is -2.56. The molecule has 1 aliphatic rings. The molecule has 1 aromatic rings. The Morgan fingerprint density at radius 3 is 2.38 bits per heavy atom. The predicted molar refractivity (Wildman–Crippen MR) is 81.5 cm³/mol. The smallest absolute Gasteiger partial charge is 0.335 e. The number of nitrogens with zero attached hydrogens (tertiary/aromatic N) is 1. The topological polar surface area (TPSA) is 83.6 Å². The minimum absolute atomic E-state index is 0.0307. The van der Waals surface area contributed by atoms with Gasteiger partial charge in [0.05, 0.1) is 11.0 Å². The Bertz CT molecular complexity index is 600. The normalized spacial score (nSPS) is 15.0. The van der Waals surface area contributed by atoms with Crippen molar-refractivity contribution >= 4 is 17.6 Å². The summed E-state index contributed by atoms with van der Waals surface area (Å²) in [5.74, 6) is -0.983. The number of carboxylic acids is 1. The van der Waals surface area contributed by atoms with Gasteiger partial charge in [0.25, 0.3) is 0 Å². The van der Waals surface area contributed by atoms with Crippen molar-refractivity contribution < 1.29 is 14.7 Å². The number of anilines is 1. The Kier molecular flexibility index (Phi) is 3.58. The number of amides is 1. The number of hydrogen-bond donors (Lipinski definition) is 2. The van der Waals surface area contributed by atoms with Crippen molar-refractivity contribution in [1.29, 1.82) is 0 Å². The maximum absolute atomic E-state index is 12.8. The van der Waals surface area contributed by atoms with Crippen LogP contribution in [0.3, 0.4) is 0 Å². The van der Waals surface area contributed by atoms with Gasteiger partial charge in [-0.05, 0) is 57.9 Å². The van der Waals surface area contributed by atoms with E-state index in [1.54, 1.807) is 17.0 Å². The monoisotopic (exact) mass is 290 g/mol. The van der Waals surface area contributed by atoms with E-state index < -0.39 is 16.9 Å². The number of fused-ring (bicyclic) bond motifs is 1. The summed E-state index contributed by atoms with van der Waals surface area (Å²) >= 11 is 0. The van der Waals surface area contributed by atoms with E-state index in [0.29, 0.717) is 13.0 Å². The quantitative estimate of drug-likeness (QED) is 0.892. The van der Waals surface area contributed by atoms with Crippen LogP contribution in [0.25, 0.3) is 0 Å². The van der Waals surface area contributed by atoms with Gasteiger partial charge in [0, 0.05) is 17.8 Å². The van der Waals surface area contributed by atoms with E-state index in [2.05, 4.69) is 0 Å². The molecule has 0 aliphatic carbocycles. The summed E-state index contributed by atoms with van der Waals surface area (Å²) in [6, 6.07) is 4.89. The molecule has 3 N–H and O–H groups in total. The third kappa shape index (κ3) is 2.53. The standard InChI is InChI=1S/C16H22N2O3/c1-15(2,16(3,4)17)14(21)18-8-7-10-9-11(13(19)20)5-6-12(10)18/h5-6,9H,7-8,17H2,1-4H3,(H,19,20). The van der Waals surface area contributed by atoms with Gasteiger partial charge in [-0.15, -0.1) is 0 Å². The number of benzene rings is 1. The molecule has 0 saturated heterocycles. The van der Waals surface area contributed by atoms with Gasteiger partial charge in [-0.25, -0.2) is 4.79 Å². The molecule has 0 aromatic heterocycles. The van der Waals surface area contributed by atoms with E-state index in [4.69, 9.17) is 10.8 Å². The molecule has 0 unspecified atom stereocenters. The molecule has 1 heterocycles. The Morgan fingerprint density at radius 1 is 1.24 bits per heavy atom. The molecule has 0 saturated carbocycles. The molecule has 114 valence electrons. The van der Waals surface area contributed by atoms with E-state index in [-0.39, 0.29) is 11.5 Å². The molecular formula is C16H22N2O3. The van der Waals surface area contributed by atoms with Gasteiger partial charge in [0.2, 0.25) is 5.91 Å². The van der Waals surface area contributed by atoms with E-state index in [1.807, 2.05) is 27.7 Å². The van der Waals surface area contributed by atoms with Crippen LogP contribution in [-0.4, -0.2) is 29.1 Å². The SMILES string of the molecule is CC(C)(N)C(C)(C)C(=O)N1CCc2cc(C(=O)O)ccc21. The minimum Gasteiger partial charge on any atom is -0.478 e. The number of carbonyl (C=O) groups is 2. The van der Waals surface area contributed by atoms with Crippen LogP contribution in [-0.2, 0) is 11.2 Å². The van der Waals surface area contributed by atoms with Crippen LogP contribution in [0, 0.1) is 5.41 Å². The fraction of sp³-hybridized carbons (Fsp3) is 0.500. The second-order valence-corrected chi connectivity index (χ2v) is 6.70. The van der Waals surface area contributed by atoms with Gasteiger partial charge in [-0.3, -0.25) is 4.79 Å². The molecule has 5 heteroatoms. The van der Waals surface area contributed by atoms with Crippen LogP contribution in [0.1, 0.15) is 43.6 Å². The summed E-state index contributed by atoms with van der Waals surface area (Å²) in [5.41, 5.74) is 6.73. The first kappa shape index (κ1) is 15.5. The van der Waals surface area contributed by atoms with Crippen LogP contribution < -0.4 is 10.6 Å². The summed E-state index contributed by atoms with van der Waals surface area (Å²) in [4.78, 5) is 25.6. The van der Waals surface area contributed by atoms with Gasteiger partial charge in [0.1, 0.15) is 0 Å². The fourth-order valence-corrected chi connectivity index (χ4v) is 2.36. The molecule has 2 rings (SSSR count). The molecule has 5 nitrogen and oxygen atoms in total. The van der Waals surface area contributed by atoms with E-state index in [1.165, 1.54) is 6.07 Å². The lowest BCUT2D eigenvalue weighted by atomic mass is 9.74. The summed E-state index contributed by atoms with van der Waals surface area (Å²) in [5, 5.41) is 9.03. The minimum atomic E-state index is -0.953. The highest BCUT2D eigenvalue weighted by molar-refractivity contribution is 6.00. The first-order valence-electron chi connectivity index (χ1n) is 7.03. The number of carbonyl (C=O) groups excluding carboxylic acids is 1. The van der Waals surface area contributed by atoms with Crippen molar-refractivity contribution in [2.75, 3.05) is 11.4 Å². The van der Waals surface area contributed by atoms with Crippen LogP contribution in [0.5, 0.6) is 0 Å². The molecule has 0 fully saturated rings. The van der Waals surface area contributed by atoms with Crippen molar-refractivity contribution in [3.05, 3.63) is 29.3 Å². The highest BCUT2D eigenvalue weighted by Crippen LogP contribution is 2.36. The average Bonchev–Trinajstić information content (AvgIpc) is 2.78. The average molecular weight is 290 g/mol. The summed E-state index contributed by atoms with van der Waals surface area (Å²) in [7, 11) is 0. The molecule has 1 amide bonds. The van der Waals surface area contributed by atoms with E-state index in [0.717, 1.165) is 11.3 Å². The Hall–Kier alpha value is -1.88. The van der Waals surface area contributed by atoms with Crippen molar-refractivity contribution in [1.82, 2.24) is 0 Å². The third-order valence-electron chi connectivity index (χ3n) is 4.61. The molecule has 21 heavy (non-hydrogen) atoms. The lowest BCUT2D eigenvalue weighted by Gasteiger charge is -2.39. The van der Waals surface area contributed by atoms with E-state index in [9.17, 15) is 9.59 Å². The maximum Gasteiger partial charge on any atom is 0.335 e. The van der Waals surface area contributed by atoms with Gasteiger partial charge in [0.15, 0.2) is 0 Å². The number of aromatic carboxylic acids is 1.